The summed E-state index contributed by atoms with van der Waals surface area (Å²) in [5.41, 5.74) is 19.9. The summed E-state index contributed by atoms with van der Waals surface area (Å²) in [5.74, 6) is -0.312. The molecule has 0 spiro atoms. The number of azide groups is 2. The van der Waals surface area contributed by atoms with Crippen molar-refractivity contribution in [1.29, 1.82) is 0 Å². The van der Waals surface area contributed by atoms with Gasteiger partial charge in [-0.3, -0.25) is 0 Å². The van der Waals surface area contributed by atoms with Crippen molar-refractivity contribution in [2.24, 2.45) is 16.1 Å². The van der Waals surface area contributed by atoms with Crippen LogP contribution in [0, 0.1) is 12.8 Å². The molecule has 1 fully saturated rings. The molecule has 1 unspecified atom stereocenters. The fourth-order valence-electron chi connectivity index (χ4n) is 3.65. The lowest BCUT2D eigenvalue weighted by Gasteiger charge is -2.41. The third-order valence-electron chi connectivity index (χ3n) is 5.18. The monoisotopic (exact) mass is 426 g/mol. The molecular formula is C21H23FN6OS. The molecule has 1 aliphatic rings. The van der Waals surface area contributed by atoms with Gasteiger partial charge in [-0.15, -0.1) is 11.8 Å². The van der Waals surface area contributed by atoms with Gasteiger partial charge in [-0.05, 0) is 48.0 Å². The molecule has 0 radical (unpaired) electrons. The van der Waals surface area contributed by atoms with Crippen LogP contribution in [0.3, 0.4) is 0 Å². The normalized spacial score (nSPS) is 25.7. The Bertz CT molecular complexity index is 913. The van der Waals surface area contributed by atoms with Crippen LogP contribution in [0.2, 0.25) is 0 Å². The third kappa shape index (κ3) is 5.68. The van der Waals surface area contributed by atoms with Crippen molar-refractivity contribution in [3.8, 4) is 0 Å². The highest BCUT2D eigenvalue weighted by atomic mass is 32.2. The van der Waals surface area contributed by atoms with E-state index in [0.29, 0.717) is 6.42 Å². The largest absolute Gasteiger partial charge is 0.370 e. The number of alkyl halides is 1. The molecule has 0 amide bonds. The van der Waals surface area contributed by atoms with E-state index in [0.717, 1.165) is 16.0 Å². The second kappa shape index (κ2) is 10.9. The summed E-state index contributed by atoms with van der Waals surface area (Å²) < 4.78 is 21.5. The summed E-state index contributed by atoms with van der Waals surface area (Å²) in [5, 5.41) is 7.18. The summed E-state index contributed by atoms with van der Waals surface area (Å²) in [6, 6.07) is 16.5. The number of hydrogen-bond donors (Lipinski definition) is 0. The highest BCUT2D eigenvalue weighted by Gasteiger charge is 2.45. The molecule has 5 atom stereocenters. The second-order valence-electron chi connectivity index (χ2n) is 7.28. The maximum absolute atomic E-state index is 15.6. The Balaban J connectivity index is 1.81. The highest BCUT2D eigenvalue weighted by Crippen LogP contribution is 2.41. The zero-order chi connectivity index (χ0) is 21.3. The van der Waals surface area contributed by atoms with Gasteiger partial charge in [-0.2, -0.15) is 0 Å². The lowest BCUT2D eigenvalue weighted by atomic mass is 9.81. The van der Waals surface area contributed by atoms with Gasteiger partial charge in [0.25, 0.3) is 0 Å². The quantitative estimate of drug-likeness (QED) is 0.277. The van der Waals surface area contributed by atoms with E-state index >= 15 is 4.39 Å². The lowest BCUT2D eigenvalue weighted by molar-refractivity contribution is -0.0701. The average molecular weight is 427 g/mol. The number of thioether (sulfide) groups is 1. The van der Waals surface area contributed by atoms with E-state index in [1.807, 2.05) is 61.5 Å². The van der Waals surface area contributed by atoms with Gasteiger partial charge in [0.2, 0.25) is 0 Å². The Kier molecular flexibility index (Phi) is 7.99. The summed E-state index contributed by atoms with van der Waals surface area (Å²) >= 11 is 1.48. The molecule has 9 heteroatoms. The zero-order valence-corrected chi connectivity index (χ0v) is 17.4. The highest BCUT2D eigenvalue weighted by molar-refractivity contribution is 8.00. The second-order valence-corrected chi connectivity index (χ2v) is 8.59. The van der Waals surface area contributed by atoms with Crippen LogP contribution in [0.1, 0.15) is 17.5 Å². The molecule has 7 nitrogen and oxygen atoms in total. The van der Waals surface area contributed by atoms with E-state index in [1.165, 1.54) is 11.8 Å². The summed E-state index contributed by atoms with van der Waals surface area (Å²) in [6.45, 7) is 2.36. The Morgan fingerprint density at radius 2 is 1.83 bits per heavy atom. The first-order valence-electron chi connectivity index (χ1n) is 9.70. The smallest absolute Gasteiger partial charge is 0.136 e. The molecule has 0 aromatic heterocycles. The van der Waals surface area contributed by atoms with Gasteiger partial charge >= 0.3 is 0 Å². The number of benzene rings is 2. The predicted octanol–water partition coefficient (Wildman–Crippen LogP) is 6.39. The fourth-order valence-corrected chi connectivity index (χ4v) is 4.98. The van der Waals surface area contributed by atoms with E-state index in [4.69, 9.17) is 15.8 Å². The Hall–Kier alpha value is -2.70. The number of nitrogens with zero attached hydrogens (tertiary/aromatic N) is 6. The van der Waals surface area contributed by atoms with Crippen LogP contribution in [0.15, 0.2) is 69.7 Å². The summed E-state index contributed by atoms with van der Waals surface area (Å²) in [7, 11) is 0. The van der Waals surface area contributed by atoms with Crippen molar-refractivity contribution < 1.29 is 9.13 Å². The van der Waals surface area contributed by atoms with Crippen LogP contribution >= 0.6 is 11.8 Å². The van der Waals surface area contributed by atoms with Gasteiger partial charge in [0.15, 0.2) is 0 Å². The van der Waals surface area contributed by atoms with E-state index in [-0.39, 0.29) is 24.3 Å². The van der Waals surface area contributed by atoms with Gasteiger partial charge in [0, 0.05) is 26.5 Å². The number of aryl methyl sites for hydroxylation is 1. The third-order valence-corrected chi connectivity index (χ3v) is 6.50. The molecule has 156 valence electrons. The van der Waals surface area contributed by atoms with Crippen molar-refractivity contribution in [3.63, 3.8) is 0 Å². The molecule has 2 aromatic carbocycles. The first-order valence-corrected chi connectivity index (χ1v) is 10.6. The topological polar surface area (TPSA) is 107 Å². The van der Waals surface area contributed by atoms with E-state index in [9.17, 15) is 0 Å². The molecule has 30 heavy (non-hydrogen) atoms. The van der Waals surface area contributed by atoms with Crippen LogP contribution in [-0.2, 0) is 11.3 Å². The Morgan fingerprint density at radius 1 is 1.10 bits per heavy atom. The molecule has 0 bridgehead atoms. The molecular weight excluding hydrogens is 403 g/mol. The molecule has 0 aliphatic heterocycles. The van der Waals surface area contributed by atoms with E-state index in [1.54, 1.807) is 0 Å². The Morgan fingerprint density at radius 3 is 2.50 bits per heavy atom. The van der Waals surface area contributed by atoms with Crippen molar-refractivity contribution in [2.75, 3.05) is 6.54 Å². The SMILES string of the molecule is Cc1ccc(S[C@H]2C[C@H](CN=[N+]=[N-])[C@@H](OCc3ccccc3)[C@H](F)C2N=[N+]=[N-])cc1. The van der Waals surface area contributed by atoms with Gasteiger partial charge in [0.1, 0.15) is 6.17 Å². The van der Waals surface area contributed by atoms with Crippen LogP contribution in [0.4, 0.5) is 4.39 Å². The van der Waals surface area contributed by atoms with Gasteiger partial charge in [0.05, 0.1) is 18.8 Å². The van der Waals surface area contributed by atoms with Gasteiger partial charge in [-0.25, -0.2) is 4.39 Å². The number of ether oxygens (including phenoxy) is 1. The van der Waals surface area contributed by atoms with E-state index < -0.39 is 18.3 Å². The standard InChI is InChI=1S/C21H23FN6OS/c1-14-7-9-17(10-8-14)30-18-11-16(12-25-27-23)21(19(22)20(18)26-28-24)29-13-15-5-3-2-4-6-15/h2-10,16,18-21H,11-13H2,1H3/t16-,18+,19-,20?,21-/m1/s1. The zero-order valence-electron chi connectivity index (χ0n) is 16.6. The molecule has 0 saturated heterocycles. The summed E-state index contributed by atoms with van der Waals surface area (Å²) in [4.78, 5) is 6.70. The van der Waals surface area contributed by atoms with Crippen molar-refractivity contribution in [3.05, 3.63) is 86.6 Å². The van der Waals surface area contributed by atoms with Crippen LogP contribution in [0.5, 0.6) is 0 Å². The van der Waals surface area contributed by atoms with Crippen LogP contribution < -0.4 is 0 Å². The average Bonchev–Trinajstić information content (AvgIpc) is 2.76. The molecule has 3 rings (SSSR count). The fraction of sp³-hybridized carbons (Fsp3) is 0.429. The van der Waals surface area contributed by atoms with Crippen LogP contribution in [-0.4, -0.2) is 30.1 Å². The molecule has 0 N–H and O–H groups in total. The first kappa shape index (κ1) is 22.0. The maximum atomic E-state index is 15.6. The number of rotatable bonds is 8. The number of hydrogen-bond acceptors (Lipinski definition) is 4. The van der Waals surface area contributed by atoms with Gasteiger partial charge < -0.3 is 4.74 Å². The van der Waals surface area contributed by atoms with Gasteiger partial charge in [-0.1, -0.05) is 58.3 Å². The first-order chi connectivity index (χ1) is 14.6. The van der Waals surface area contributed by atoms with Crippen molar-refractivity contribution in [1.82, 2.24) is 0 Å². The van der Waals surface area contributed by atoms with Crippen LogP contribution in [0.25, 0.3) is 20.9 Å². The maximum Gasteiger partial charge on any atom is 0.136 e. The lowest BCUT2D eigenvalue weighted by Crippen LogP contribution is -2.51. The molecule has 1 saturated carbocycles. The van der Waals surface area contributed by atoms with Crippen molar-refractivity contribution >= 4 is 11.8 Å². The molecule has 0 heterocycles. The predicted molar refractivity (Wildman–Crippen MR) is 116 cm³/mol. The Labute approximate surface area is 178 Å². The minimum Gasteiger partial charge on any atom is -0.370 e. The number of halogens is 1. The molecule has 2 aromatic rings. The van der Waals surface area contributed by atoms with E-state index in [2.05, 4.69) is 20.1 Å². The molecule has 1 aliphatic carbocycles. The van der Waals surface area contributed by atoms with Crippen molar-refractivity contribution in [2.45, 2.75) is 48.4 Å². The summed E-state index contributed by atoms with van der Waals surface area (Å²) in [6.07, 6.45) is -1.80. The minimum absolute atomic E-state index is 0.129. The minimum atomic E-state index is -1.50.